The molecule has 1 aromatic heterocycles. The molecule has 1 aliphatic heterocycles. The summed E-state index contributed by atoms with van der Waals surface area (Å²) in [6.45, 7) is 4.25. The van der Waals surface area contributed by atoms with Crippen LogP contribution in [0.2, 0.25) is 0 Å². The maximum Gasteiger partial charge on any atom is 0.248 e. The lowest BCUT2D eigenvalue weighted by Gasteiger charge is -2.34. The van der Waals surface area contributed by atoms with Crippen molar-refractivity contribution < 1.29 is 22.1 Å². The number of sulfonamides is 1. The molecule has 28 heavy (non-hydrogen) atoms. The number of nitrogens with zero attached hydrogens (tertiary/aromatic N) is 3. The van der Waals surface area contributed by atoms with E-state index in [9.17, 15) is 17.6 Å². The van der Waals surface area contributed by atoms with E-state index in [2.05, 4.69) is 5.16 Å². The maximum atomic E-state index is 13.9. The number of aryl methyl sites for hydroxylation is 2. The molecular formula is C19H22FN3O4S. The average Bonchev–Trinajstić information content (AvgIpc) is 3.39. The maximum absolute atomic E-state index is 13.9. The van der Waals surface area contributed by atoms with Crippen LogP contribution in [0.15, 0.2) is 33.7 Å². The predicted molar refractivity (Wildman–Crippen MR) is 98.6 cm³/mol. The van der Waals surface area contributed by atoms with Crippen LogP contribution in [-0.2, 0) is 14.8 Å². The SMILES string of the molecule is Cc1noc(C)c1S(=O)(=O)N1CCN(C(=O)[C@@H]2C[C@@H]2c2ccccc2F)CC1. The fourth-order valence-electron chi connectivity index (χ4n) is 3.94. The van der Waals surface area contributed by atoms with E-state index in [1.807, 2.05) is 0 Å². The molecule has 2 atom stereocenters. The van der Waals surface area contributed by atoms with Gasteiger partial charge in [0.15, 0.2) is 5.76 Å². The highest BCUT2D eigenvalue weighted by atomic mass is 32.2. The van der Waals surface area contributed by atoms with Crippen LogP contribution in [0.1, 0.15) is 29.4 Å². The number of benzene rings is 1. The van der Waals surface area contributed by atoms with E-state index in [0.29, 0.717) is 30.8 Å². The first-order valence-corrected chi connectivity index (χ1v) is 10.7. The molecule has 1 amide bonds. The van der Waals surface area contributed by atoms with Gasteiger partial charge in [0.1, 0.15) is 16.4 Å². The predicted octanol–water partition coefficient (Wildman–Crippen LogP) is 2.07. The molecule has 2 heterocycles. The number of hydrogen-bond donors (Lipinski definition) is 0. The third-order valence-electron chi connectivity index (χ3n) is 5.53. The minimum Gasteiger partial charge on any atom is -0.360 e. The van der Waals surface area contributed by atoms with Crippen LogP contribution >= 0.6 is 0 Å². The van der Waals surface area contributed by atoms with Gasteiger partial charge in [-0.3, -0.25) is 4.79 Å². The number of piperazine rings is 1. The summed E-state index contributed by atoms with van der Waals surface area (Å²) in [5.74, 6) is -0.345. The Morgan fingerprint density at radius 1 is 1.18 bits per heavy atom. The van der Waals surface area contributed by atoms with Crippen molar-refractivity contribution in [2.24, 2.45) is 5.92 Å². The van der Waals surface area contributed by atoms with Gasteiger partial charge in [0, 0.05) is 32.1 Å². The fourth-order valence-corrected chi connectivity index (χ4v) is 5.66. The largest absolute Gasteiger partial charge is 0.360 e. The molecule has 9 heteroatoms. The topological polar surface area (TPSA) is 83.7 Å². The van der Waals surface area contributed by atoms with Crippen molar-refractivity contribution in [1.29, 1.82) is 0 Å². The van der Waals surface area contributed by atoms with Gasteiger partial charge in [-0.25, -0.2) is 12.8 Å². The summed E-state index contributed by atoms with van der Waals surface area (Å²) in [7, 11) is -3.70. The number of hydrogen-bond acceptors (Lipinski definition) is 5. The monoisotopic (exact) mass is 407 g/mol. The van der Waals surface area contributed by atoms with Crippen molar-refractivity contribution in [3.63, 3.8) is 0 Å². The highest BCUT2D eigenvalue weighted by Crippen LogP contribution is 2.49. The van der Waals surface area contributed by atoms with E-state index < -0.39 is 10.0 Å². The summed E-state index contributed by atoms with van der Waals surface area (Å²) in [6.07, 6.45) is 0.636. The summed E-state index contributed by atoms with van der Waals surface area (Å²) in [6, 6.07) is 6.54. The number of halogens is 1. The van der Waals surface area contributed by atoms with E-state index >= 15 is 0 Å². The first-order valence-electron chi connectivity index (χ1n) is 9.27. The highest BCUT2D eigenvalue weighted by molar-refractivity contribution is 7.89. The van der Waals surface area contributed by atoms with Crippen LogP contribution < -0.4 is 0 Å². The Hall–Kier alpha value is -2.26. The molecule has 0 N–H and O–H groups in total. The van der Waals surface area contributed by atoms with Crippen molar-refractivity contribution in [3.8, 4) is 0 Å². The Morgan fingerprint density at radius 2 is 1.86 bits per heavy atom. The second kappa shape index (κ2) is 6.97. The molecule has 2 fully saturated rings. The zero-order valence-corrected chi connectivity index (χ0v) is 16.6. The number of carbonyl (C=O) groups excluding carboxylic acids is 1. The quantitative estimate of drug-likeness (QED) is 0.775. The normalized spacial score (nSPS) is 23.0. The highest BCUT2D eigenvalue weighted by Gasteiger charge is 2.47. The summed E-state index contributed by atoms with van der Waals surface area (Å²) in [5.41, 5.74) is 0.919. The molecule has 1 saturated carbocycles. The summed E-state index contributed by atoms with van der Waals surface area (Å²) in [5, 5.41) is 3.72. The minimum absolute atomic E-state index is 0.0253. The van der Waals surface area contributed by atoms with Crippen LogP contribution in [0.25, 0.3) is 0 Å². The van der Waals surface area contributed by atoms with Gasteiger partial charge in [-0.2, -0.15) is 4.31 Å². The van der Waals surface area contributed by atoms with E-state index in [0.717, 1.165) is 0 Å². The molecule has 0 bridgehead atoms. The Morgan fingerprint density at radius 3 is 2.46 bits per heavy atom. The molecule has 0 unspecified atom stereocenters. The molecular weight excluding hydrogens is 385 g/mol. The molecule has 7 nitrogen and oxygen atoms in total. The van der Waals surface area contributed by atoms with E-state index in [-0.39, 0.29) is 47.3 Å². The van der Waals surface area contributed by atoms with Gasteiger partial charge < -0.3 is 9.42 Å². The van der Waals surface area contributed by atoms with Crippen molar-refractivity contribution in [3.05, 3.63) is 47.1 Å². The van der Waals surface area contributed by atoms with Gasteiger partial charge in [0.05, 0.1) is 0 Å². The molecule has 4 rings (SSSR count). The van der Waals surface area contributed by atoms with Crippen molar-refractivity contribution in [2.45, 2.75) is 31.1 Å². The molecule has 0 radical (unpaired) electrons. The van der Waals surface area contributed by atoms with Gasteiger partial charge in [0.2, 0.25) is 15.9 Å². The standard InChI is InChI=1S/C19H22FN3O4S/c1-12-18(13(2)27-21-12)28(25,26)23-9-7-22(8-10-23)19(24)16-11-15(16)14-5-3-4-6-17(14)20/h3-6,15-16H,7-11H2,1-2H3/t15-,16-/m1/s1. The van der Waals surface area contributed by atoms with Crippen molar-refractivity contribution in [2.75, 3.05) is 26.2 Å². The minimum atomic E-state index is -3.70. The third-order valence-corrected chi connectivity index (χ3v) is 7.67. The van der Waals surface area contributed by atoms with Crippen LogP contribution in [0.5, 0.6) is 0 Å². The molecule has 2 aromatic rings. The third kappa shape index (κ3) is 3.22. The number of amides is 1. The van der Waals surface area contributed by atoms with Crippen LogP contribution in [0, 0.1) is 25.6 Å². The number of rotatable bonds is 4. The van der Waals surface area contributed by atoms with Gasteiger partial charge in [-0.1, -0.05) is 23.4 Å². The Labute approximate surface area is 163 Å². The van der Waals surface area contributed by atoms with E-state index in [1.165, 1.54) is 10.4 Å². The van der Waals surface area contributed by atoms with Gasteiger partial charge >= 0.3 is 0 Å². The van der Waals surface area contributed by atoms with Crippen LogP contribution in [0.4, 0.5) is 4.39 Å². The lowest BCUT2D eigenvalue weighted by molar-refractivity contribution is -0.133. The Bertz CT molecular complexity index is 992. The lowest BCUT2D eigenvalue weighted by atomic mass is 10.1. The first-order chi connectivity index (χ1) is 13.3. The number of aromatic nitrogens is 1. The summed E-state index contributed by atoms with van der Waals surface area (Å²) in [4.78, 5) is 14.6. The van der Waals surface area contributed by atoms with Gasteiger partial charge in [0.25, 0.3) is 0 Å². The molecule has 0 spiro atoms. The van der Waals surface area contributed by atoms with E-state index in [4.69, 9.17) is 4.52 Å². The summed E-state index contributed by atoms with van der Waals surface area (Å²) >= 11 is 0. The fraction of sp³-hybridized carbons (Fsp3) is 0.474. The van der Waals surface area contributed by atoms with Gasteiger partial charge in [-0.15, -0.1) is 0 Å². The Balaban J connectivity index is 1.40. The van der Waals surface area contributed by atoms with Crippen LogP contribution in [-0.4, -0.2) is 54.9 Å². The molecule has 2 aliphatic rings. The molecule has 1 saturated heterocycles. The molecule has 150 valence electrons. The van der Waals surface area contributed by atoms with Crippen LogP contribution in [0.3, 0.4) is 0 Å². The molecule has 1 aromatic carbocycles. The zero-order valence-electron chi connectivity index (χ0n) is 15.8. The number of carbonyl (C=O) groups is 1. The summed E-state index contributed by atoms with van der Waals surface area (Å²) < 4.78 is 46.0. The van der Waals surface area contributed by atoms with Gasteiger partial charge in [-0.05, 0) is 37.8 Å². The molecule has 1 aliphatic carbocycles. The smallest absolute Gasteiger partial charge is 0.248 e. The second-order valence-electron chi connectivity index (χ2n) is 7.35. The first kappa shape index (κ1) is 19.1. The second-order valence-corrected chi connectivity index (χ2v) is 9.23. The average molecular weight is 407 g/mol. The zero-order chi connectivity index (χ0) is 20.1. The van der Waals surface area contributed by atoms with Crippen molar-refractivity contribution >= 4 is 15.9 Å². The van der Waals surface area contributed by atoms with Crippen molar-refractivity contribution in [1.82, 2.24) is 14.4 Å². The Kier molecular flexibility index (Phi) is 4.75. The lowest BCUT2D eigenvalue weighted by Crippen LogP contribution is -2.51. The van der Waals surface area contributed by atoms with E-state index in [1.54, 1.807) is 36.9 Å².